The number of hydrogen-bond donors (Lipinski definition) is 2. The Bertz CT molecular complexity index is 1380. The Hall–Kier alpha value is -3.34. The predicted molar refractivity (Wildman–Crippen MR) is 177 cm³/mol. The van der Waals surface area contributed by atoms with Gasteiger partial charge in [0.25, 0.3) is 5.56 Å². The Labute approximate surface area is 262 Å². The number of nitrogens with zero attached hydrogens (tertiary/aromatic N) is 5. The molecule has 0 saturated carbocycles. The highest BCUT2D eigenvalue weighted by molar-refractivity contribution is 5.78. The van der Waals surface area contributed by atoms with E-state index in [4.69, 9.17) is 0 Å². The van der Waals surface area contributed by atoms with E-state index in [-0.39, 0.29) is 17.3 Å². The Balaban J connectivity index is 0.000000249. The molecule has 242 valence electrons. The highest BCUT2D eigenvalue weighted by atomic mass is 19.1. The van der Waals surface area contributed by atoms with Crippen LogP contribution in [0.25, 0.3) is 12.7 Å². The van der Waals surface area contributed by atoms with E-state index < -0.39 is 0 Å². The molecule has 0 atom stereocenters. The zero-order valence-corrected chi connectivity index (χ0v) is 27.2. The lowest BCUT2D eigenvalue weighted by Gasteiger charge is -2.37. The molecular weight excluding hydrogens is 557 g/mol. The molecule has 2 aliphatic rings. The second-order valence-electron chi connectivity index (χ2n) is 11.8. The summed E-state index contributed by atoms with van der Waals surface area (Å²) < 4.78 is 13.2. The van der Waals surface area contributed by atoms with Crippen molar-refractivity contribution in [3.8, 4) is 0 Å². The quantitative estimate of drug-likeness (QED) is 0.400. The van der Waals surface area contributed by atoms with Crippen molar-refractivity contribution in [2.75, 3.05) is 79.0 Å². The highest BCUT2D eigenvalue weighted by Gasteiger charge is 2.23. The van der Waals surface area contributed by atoms with Crippen molar-refractivity contribution in [2.45, 2.75) is 40.0 Å². The number of aromatic amines is 1. The molecule has 10 heteroatoms. The van der Waals surface area contributed by atoms with Gasteiger partial charge < -0.3 is 20.0 Å². The average molecular weight is 610 g/mol. The molecule has 0 aliphatic carbocycles. The highest BCUT2D eigenvalue weighted by Crippen LogP contribution is 2.15. The Morgan fingerprint density at radius 3 is 2.45 bits per heavy atom. The van der Waals surface area contributed by atoms with Crippen molar-refractivity contribution in [3.63, 3.8) is 0 Å². The lowest BCUT2D eigenvalue weighted by molar-refractivity contribution is -0.132. The lowest BCUT2D eigenvalue weighted by Crippen LogP contribution is -2.51. The summed E-state index contributed by atoms with van der Waals surface area (Å²) in [6.45, 7) is 23.9. The SMILES string of the molecule is C=CN(C)CCN(CC)C(=O)CN1CCN(CC2CCNCC2)CC1.C=c1c(=O)[nH]nc(Cc2ccc(F)c(C)c2)/c1=C/C. The standard InChI is InChI=1S/C19H37N5O.C15H15FN2O/c1-4-21(3)10-15-24(5-2)19(25)17-23-13-11-22(12-14-23)16-18-6-8-20-9-7-18;1-4-12-10(3)15(19)18-17-14(12)8-11-5-6-13(16)9(2)7-11/h4,18,20H,1,5-17H2,2-3H3;4-7H,3,8H2,1-2H3,(H,18,19)/b;12-4+. The molecule has 0 unspecified atom stereocenters. The number of likely N-dealkylation sites (N-methyl/N-ethyl adjacent to an activating group) is 2. The maximum Gasteiger partial charge on any atom is 0.271 e. The molecule has 1 amide bonds. The van der Waals surface area contributed by atoms with E-state index in [2.05, 4.69) is 45.4 Å². The summed E-state index contributed by atoms with van der Waals surface area (Å²) in [5.41, 5.74) is 1.99. The van der Waals surface area contributed by atoms with Crippen LogP contribution in [0, 0.1) is 18.7 Å². The van der Waals surface area contributed by atoms with Crippen LogP contribution in [0.4, 0.5) is 4.39 Å². The zero-order chi connectivity index (χ0) is 32.1. The van der Waals surface area contributed by atoms with E-state index in [9.17, 15) is 14.0 Å². The van der Waals surface area contributed by atoms with E-state index in [0.29, 0.717) is 23.7 Å². The van der Waals surface area contributed by atoms with E-state index in [1.165, 1.54) is 38.5 Å². The van der Waals surface area contributed by atoms with Gasteiger partial charge in [-0.05, 0) is 76.0 Å². The first-order valence-corrected chi connectivity index (χ1v) is 15.9. The van der Waals surface area contributed by atoms with Crippen molar-refractivity contribution in [1.82, 2.24) is 35.1 Å². The molecule has 2 aromatic rings. The second kappa shape index (κ2) is 17.8. The first kappa shape index (κ1) is 35.1. The number of amides is 1. The fraction of sp³-hybridized carbons (Fsp3) is 0.559. The predicted octanol–water partition coefficient (Wildman–Crippen LogP) is 1.55. The number of nitrogens with one attached hydrogen (secondary N) is 2. The topological polar surface area (TPSA) is 87.8 Å². The van der Waals surface area contributed by atoms with Gasteiger partial charge in [0.1, 0.15) is 5.82 Å². The van der Waals surface area contributed by atoms with Crippen LogP contribution in [0.5, 0.6) is 0 Å². The molecule has 44 heavy (non-hydrogen) atoms. The fourth-order valence-electron chi connectivity index (χ4n) is 5.71. The Kier molecular flexibility index (Phi) is 14.2. The van der Waals surface area contributed by atoms with Crippen molar-refractivity contribution in [2.24, 2.45) is 5.92 Å². The van der Waals surface area contributed by atoms with Crippen molar-refractivity contribution in [1.29, 1.82) is 0 Å². The molecule has 0 bridgehead atoms. The van der Waals surface area contributed by atoms with Gasteiger partial charge in [0.05, 0.1) is 12.2 Å². The van der Waals surface area contributed by atoms with E-state index in [1.807, 2.05) is 29.8 Å². The number of piperidine rings is 1. The number of carbonyl (C=O) groups is 1. The van der Waals surface area contributed by atoms with Gasteiger partial charge in [0, 0.05) is 76.3 Å². The summed E-state index contributed by atoms with van der Waals surface area (Å²) in [5, 5.41) is 11.1. The summed E-state index contributed by atoms with van der Waals surface area (Å²) in [6.07, 6.45) is 6.77. The Morgan fingerprint density at radius 2 is 1.84 bits per heavy atom. The van der Waals surface area contributed by atoms with Crippen LogP contribution < -0.4 is 21.3 Å². The molecule has 3 heterocycles. The van der Waals surface area contributed by atoms with Crippen LogP contribution in [0.3, 0.4) is 0 Å². The first-order valence-electron chi connectivity index (χ1n) is 15.9. The molecule has 4 rings (SSSR count). The summed E-state index contributed by atoms with van der Waals surface area (Å²) in [7, 11) is 1.99. The maximum atomic E-state index is 13.2. The monoisotopic (exact) mass is 609 g/mol. The van der Waals surface area contributed by atoms with Gasteiger partial charge in [-0.3, -0.25) is 14.5 Å². The molecule has 1 aromatic carbocycles. The molecule has 0 radical (unpaired) electrons. The zero-order valence-electron chi connectivity index (χ0n) is 27.2. The third-order valence-electron chi connectivity index (χ3n) is 8.65. The molecular formula is C34H52FN7O2. The van der Waals surface area contributed by atoms with Crippen molar-refractivity contribution in [3.05, 3.63) is 74.4 Å². The lowest BCUT2D eigenvalue weighted by atomic mass is 9.97. The van der Waals surface area contributed by atoms with Crippen LogP contribution in [0.1, 0.15) is 43.5 Å². The number of aryl methyl sites for hydroxylation is 1. The second-order valence-corrected chi connectivity index (χ2v) is 11.8. The smallest absolute Gasteiger partial charge is 0.271 e. The van der Waals surface area contributed by atoms with Crippen molar-refractivity contribution >= 4 is 18.6 Å². The van der Waals surface area contributed by atoms with Gasteiger partial charge in [-0.2, -0.15) is 5.10 Å². The summed E-state index contributed by atoms with van der Waals surface area (Å²) in [6, 6.07) is 4.94. The third-order valence-corrected chi connectivity index (χ3v) is 8.65. The fourth-order valence-corrected chi connectivity index (χ4v) is 5.71. The number of carbonyl (C=O) groups excluding carboxylic acids is 1. The number of rotatable bonds is 11. The van der Waals surface area contributed by atoms with E-state index >= 15 is 0 Å². The third kappa shape index (κ3) is 10.7. The van der Waals surface area contributed by atoms with E-state index in [1.54, 1.807) is 25.3 Å². The van der Waals surface area contributed by atoms with Crippen LogP contribution >= 0.6 is 0 Å². The van der Waals surface area contributed by atoms with Gasteiger partial charge in [-0.25, -0.2) is 9.49 Å². The van der Waals surface area contributed by atoms with Crippen LogP contribution in [0.15, 0.2) is 35.8 Å². The van der Waals surface area contributed by atoms with Crippen molar-refractivity contribution < 1.29 is 9.18 Å². The van der Waals surface area contributed by atoms with Gasteiger partial charge in [-0.15, -0.1) is 0 Å². The van der Waals surface area contributed by atoms with Gasteiger partial charge >= 0.3 is 0 Å². The molecule has 1 aromatic heterocycles. The minimum absolute atomic E-state index is 0.224. The molecule has 0 spiro atoms. The number of halogens is 1. The van der Waals surface area contributed by atoms with E-state index in [0.717, 1.165) is 68.2 Å². The number of hydrogen-bond acceptors (Lipinski definition) is 7. The molecule has 2 fully saturated rings. The minimum Gasteiger partial charge on any atom is -0.379 e. The van der Waals surface area contributed by atoms with Crippen LogP contribution in [0.2, 0.25) is 0 Å². The molecule has 9 nitrogen and oxygen atoms in total. The van der Waals surface area contributed by atoms with Gasteiger partial charge in [-0.1, -0.05) is 31.4 Å². The molecule has 2 N–H and O–H groups in total. The molecule has 2 saturated heterocycles. The number of H-pyrrole nitrogens is 1. The number of benzene rings is 1. The maximum absolute atomic E-state index is 13.2. The first-order chi connectivity index (χ1) is 21.1. The Morgan fingerprint density at radius 1 is 1.16 bits per heavy atom. The van der Waals surface area contributed by atoms with Gasteiger partial charge in [0.2, 0.25) is 5.91 Å². The number of aromatic nitrogens is 2. The van der Waals surface area contributed by atoms with Crippen LogP contribution in [-0.4, -0.2) is 115 Å². The summed E-state index contributed by atoms with van der Waals surface area (Å²) in [4.78, 5) is 32.9. The molecule has 2 aliphatic heterocycles. The van der Waals surface area contributed by atoms with Crippen LogP contribution in [-0.2, 0) is 11.2 Å². The average Bonchev–Trinajstić information content (AvgIpc) is 3.03. The largest absolute Gasteiger partial charge is 0.379 e. The normalized spacial score (nSPS) is 16.7. The minimum atomic E-state index is -0.285. The number of piperazine rings is 1. The van der Waals surface area contributed by atoms with Gasteiger partial charge in [0.15, 0.2) is 0 Å². The summed E-state index contributed by atoms with van der Waals surface area (Å²) >= 11 is 0. The summed E-state index contributed by atoms with van der Waals surface area (Å²) in [5.74, 6) is 0.886.